The number of carbonyl (C=O) groups excluding carboxylic acids is 2. The maximum atomic E-state index is 12.0. The van der Waals surface area contributed by atoms with Gasteiger partial charge in [0.05, 0.1) is 16.8 Å². The summed E-state index contributed by atoms with van der Waals surface area (Å²) in [7, 11) is -8.96. The van der Waals surface area contributed by atoms with Crippen molar-refractivity contribution >= 4 is 48.5 Å². The number of rotatable bonds is 4. The first-order valence-corrected chi connectivity index (χ1v) is 10.3. The predicted molar refractivity (Wildman–Crippen MR) is 91.2 cm³/mol. The molecule has 0 fully saturated rings. The van der Waals surface area contributed by atoms with E-state index in [0.29, 0.717) is 4.31 Å². The molecular formula is C15H14NNaO8S2. The topological polar surface area (TPSA) is 138 Å². The zero-order valence-corrected chi connectivity index (χ0v) is 18.5. The minimum absolute atomic E-state index is 0. The molecule has 0 spiro atoms. The van der Waals surface area contributed by atoms with Crippen LogP contribution in [0.1, 0.15) is 13.8 Å². The molecule has 0 aromatic heterocycles. The van der Waals surface area contributed by atoms with Crippen LogP contribution < -0.4 is 38.6 Å². The van der Waals surface area contributed by atoms with E-state index in [4.69, 9.17) is 4.74 Å². The van der Waals surface area contributed by atoms with Gasteiger partial charge in [0.2, 0.25) is 15.9 Å². The van der Waals surface area contributed by atoms with Gasteiger partial charge in [-0.15, -0.1) is 0 Å². The summed E-state index contributed by atoms with van der Waals surface area (Å²) in [6.07, 6.45) is 0.830. The third kappa shape index (κ3) is 5.06. The van der Waals surface area contributed by atoms with Gasteiger partial charge in [0.1, 0.15) is 10.1 Å². The summed E-state index contributed by atoms with van der Waals surface area (Å²) in [6, 6.07) is 6.07. The number of esters is 1. The van der Waals surface area contributed by atoms with Crippen LogP contribution in [0.15, 0.2) is 35.2 Å². The third-order valence-corrected chi connectivity index (χ3v) is 5.28. The van der Waals surface area contributed by atoms with E-state index < -0.39 is 42.7 Å². The van der Waals surface area contributed by atoms with Gasteiger partial charge in [0, 0.05) is 24.6 Å². The van der Waals surface area contributed by atoms with Crippen molar-refractivity contribution in [1.29, 1.82) is 0 Å². The van der Waals surface area contributed by atoms with Gasteiger partial charge in [-0.1, -0.05) is 18.2 Å². The molecule has 0 saturated heterocycles. The number of carbonyl (C=O) groups is 2. The van der Waals surface area contributed by atoms with E-state index in [1.165, 1.54) is 24.3 Å². The van der Waals surface area contributed by atoms with Crippen LogP contribution in [-0.2, 0) is 29.7 Å². The molecule has 2 aromatic rings. The van der Waals surface area contributed by atoms with E-state index in [9.17, 15) is 31.0 Å². The molecule has 0 heterocycles. The average Bonchev–Trinajstić information content (AvgIpc) is 2.44. The molecule has 0 atom stereocenters. The van der Waals surface area contributed by atoms with Crippen molar-refractivity contribution in [2.45, 2.75) is 18.7 Å². The van der Waals surface area contributed by atoms with Crippen molar-refractivity contribution in [3.63, 3.8) is 0 Å². The second-order valence-corrected chi connectivity index (χ2v) is 8.54. The minimum atomic E-state index is -4.97. The monoisotopic (exact) mass is 423 g/mol. The Morgan fingerprint density at radius 1 is 1.00 bits per heavy atom. The Bertz CT molecular complexity index is 1130. The first kappa shape index (κ1) is 23.5. The smallest absolute Gasteiger partial charge is 0.744 e. The van der Waals surface area contributed by atoms with E-state index in [1.807, 2.05) is 0 Å². The molecule has 0 bridgehead atoms. The van der Waals surface area contributed by atoms with Crippen LogP contribution >= 0.6 is 0 Å². The van der Waals surface area contributed by atoms with Crippen molar-refractivity contribution in [1.82, 2.24) is 0 Å². The SMILES string of the molecule is CC(=O)Oc1c(S(=O)(=O)[O-])ccc2c(N(C(C)=O)S(C)(=O)=O)cccc12.[Na+]. The van der Waals surface area contributed by atoms with Crippen molar-refractivity contribution in [2.24, 2.45) is 0 Å². The summed E-state index contributed by atoms with van der Waals surface area (Å²) in [5.41, 5.74) is -0.0688. The first-order chi connectivity index (χ1) is 11.8. The summed E-state index contributed by atoms with van der Waals surface area (Å²) in [6.45, 7) is 2.06. The van der Waals surface area contributed by atoms with Crippen LogP contribution in [0.4, 0.5) is 5.69 Å². The molecule has 0 aliphatic heterocycles. The summed E-state index contributed by atoms with van der Waals surface area (Å²) < 4.78 is 63.8. The molecule has 0 radical (unpaired) electrons. The number of nitrogens with zero attached hydrogens (tertiary/aromatic N) is 1. The predicted octanol–water partition coefficient (Wildman–Crippen LogP) is -2.01. The van der Waals surface area contributed by atoms with E-state index in [-0.39, 0.29) is 46.0 Å². The largest absolute Gasteiger partial charge is 1.00 e. The third-order valence-electron chi connectivity index (χ3n) is 3.30. The number of amides is 1. The van der Waals surface area contributed by atoms with Crippen LogP contribution in [-0.4, -0.2) is 39.5 Å². The molecule has 27 heavy (non-hydrogen) atoms. The van der Waals surface area contributed by atoms with Gasteiger partial charge in [-0.3, -0.25) is 9.59 Å². The summed E-state index contributed by atoms with van der Waals surface area (Å²) in [4.78, 5) is 22.4. The maximum absolute atomic E-state index is 12.0. The van der Waals surface area contributed by atoms with Crippen LogP contribution in [0.5, 0.6) is 5.75 Å². The van der Waals surface area contributed by atoms with Gasteiger partial charge in [-0.25, -0.2) is 21.1 Å². The second-order valence-electron chi connectivity index (χ2n) is 5.36. The maximum Gasteiger partial charge on any atom is 1.00 e. The zero-order valence-electron chi connectivity index (χ0n) is 14.9. The minimum Gasteiger partial charge on any atom is -0.744 e. The Balaban J connectivity index is 0.00000364. The van der Waals surface area contributed by atoms with Crippen LogP contribution in [0.3, 0.4) is 0 Å². The molecule has 0 saturated carbocycles. The summed E-state index contributed by atoms with van der Waals surface area (Å²) >= 11 is 0. The Hall–Kier alpha value is -1.50. The number of anilines is 1. The summed E-state index contributed by atoms with van der Waals surface area (Å²) in [5, 5.41) is 0.0984. The van der Waals surface area contributed by atoms with Crippen molar-refractivity contribution in [3.8, 4) is 5.75 Å². The number of hydrogen-bond acceptors (Lipinski definition) is 8. The average molecular weight is 423 g/mol. The van der Waals surface area contributed by atoms with E-state index in [2.05, 4.69) is 0 Å². The number of sulfonamides is 1. The van der Waals surface area contributed by atoms with Gasteiger partial charge in [0.25, 0.3) is 0 Å². The standard InChI is InChI=1S/C15H15NO8S2.Na/c1-9(17)16(25(3,19)20)13-6-4-5-12-11(13)7-8-14(26(21,22)23)15(12)24-10(2)18;/h4-8H,1-3H3,(H,21,22,23);/q;+1/p-1. The van der Waals surface area contributed by atoms with Gasteiger partial charge in [-0.2, -0.15) is 0 Å². The molecule has 0 aliphatic carbocycles. The number of fused-ring (bicyclic) bond motifs is 1. The van der Waals surface area contributed by atoms with Crippen molar-refractivity contribution in [2.75, 3.05) is 10.6 Å². The fraction of sp³-hybridized carbons (Fsp3) is 0.200. The Labute approximate surface area is 178 Å². The number of benzene rings is 2. The normalized spacial score (nSPS) is 11.6. The van der Waals surface area contributed by atoms with Gasteiger partial charge in [0.15, 0.2) is 5.75 Å². The van der Waals surface area contributed by atoms with Gasteiger partial charge >= 0.3 is 35.5 Å². The fourth-order valence-corrected chi connectivity index (χ4v) is 4.10. The first-order valence-electron chi connectivity index (χ1n) is 7.05. The van der Waals surface area contributed by atoms with E-state index >= 15 is 0 Å². The summed E-state index contributed by atoms with van der Waals surface area (Å²) in [5.74, 6) is -2.20. The molecule has 140 valence electrons. The number of hydrogen-bond donors (Lipinski definition) is 0. The molecule has 1 amide bonds. The fourth-order valence-electron chi connectivity index (χ4n) is 2.50. The Kier molecular flexibility index (Phi) is 7.19. The van der Waals surface area contributed by atoms with E-state index in [0.717, 1.165) is 26.2 Å². The second kappa shape index (κ2) is 8.25. The van der Waals surface area contributed by atoms with Crippen LogP contribution in [0, 0.1) is 0 Å². The van der Waals surface area contributed by atoms with Crippen molar-refractivity contribution < 1.29 is 65.3 Å². The van der Waals surface area contributed by atoms with Gasteiger partial charge < -0.3 is 9.29 Å². The van der Waals surface area contributed by atoms with E-state index in [1.54, 1.807) is 0 Å². The Morgan fingerprint density at radius 3 is 2.04 bits per heavy atom. The molecule has 2 aromatic carbocycles. The number of ether oxygens (including phenoxy) is 1. The Morgan fingerprint density at radius 2 is 1.59 bits per heavy atom. The van der Waals surface area contributed by atoms with Crippen LogP contribution in [0.2, 0.25) is 0 Å². The zero-order chi connectivity index (χ0) is 19.9. The molecule has 2 rings (SSSR count). The molecule has 0 N–H and O–H groups in total. The van der Waals surface area contributed by atoms with Crippen molar-refractivity contribution in [3.05, 3.63) is 30.3 Å². The van der Waals surface area contributed by atoms with Gasteiger partial charge in [-0.05, 0) is 12.1 Å². The van der Waals surface area contributed by atoms with Crippen LogP contribution in [0.25, 0.3) is 10.8 Å². The molecular weight excluding hydrogens is 409 g/mol. The molecule has 12 heteroatoms. The molecule has 0 aliphatic rings. The molecule has 0 unspecified atom stereocenters. The quantitative estimate of drug-likeness (QED) is 0.238. The molecule has 9 nitrogen and oxygen atoms in total.